The monoisotopic (exact) mass is 460 g/mol. The zero-order valence-corrected chi connectivity index (χ0v) is 19.7. The zero-order valence-electron chi connectivity index (χ0n) is 19.7. The average Bonchev–Trinajstić information content (AvgIpc) is 2.88. The molecule has 9 heteroatoms. The number of carbonyl (C=O) groups excluding carboxylic acids is 1. The van der Waals surface area contributed by atoms with Crippen molar-refractivity contribution in [1.82, 2.24) is 25.2 Å². The number of amides is 1. The van der Waals surface area contributed by atoms with Crippen LogP contribution in [0.5, 0.6) is 0 Å². The van der Waals surface area contributed by atoms with E-state index in [2.05, 4.69) is 48.4 Å². The van der Waals surface area contributed by atoms with Crippen LogP contribution in [-0.2, 0) is 4.79 Å². The third-order valence-corrected chi connectivity index (χ3v) is 7.77. The van der Waals surface area contributed by atoms with Gasteiger partial charge in [-0.25, -0.2) is 9.97 Å². The maximum atomic E-state index is 12.7. The number of aromatic nitrogens is 3. The van der Waals surface area contributed by atoms with E-state index in [0.29, 0.717) is 18.3 Å². The number of fused-ring (bicyclic) bond motifs is 4. The Morgan fingerprint density at radius 1 is 1.06 bits per heavy atom. The first-order valence-electron chi connectivity index (χ1n) is 12.4. The lowest BCUT2D eigenvalue weighted by atomic mass is 9.77. The third kappa shape index (κ3) is 3.77. The Morgan fingerprint density at radius 2 is 1.88 bits per heavy atom. The number of hydrogen-bond donors (Lipinski definition) is 2. The standard InChI is InChI=1S/C25H32N8O/c1-31-11-13-32(14-12-31)19-6-8-21(26-16-19)29-24-27-15-18-5-7-20-23(34)28-17-25(9-3-2-4-10-25)33(20)22(18)30-24/h5-8,15-16,20H,2-4,9-14,17H2,1H3,(H,28,34)(H,26,27,29,30). The highest BCUT2D eigenvalue weighted by Gasteiger charge is 2.49. The average molecular weight is 461 g/mol. The molecule has 2 N–H and O–H groups in total. The van der Waals surface area contributed by atoms with Gasteiger partial charge in [-0.15, -0.1) is 0 Å². The molecule has 1 atom stereocenters. The van der Waals surface area contributed by atoms with Gasteiger partial charge in [-0.3, -0.25) is 4.79 Å². The van der Waals surface area contributed by atoms with Gasteiger partial charge in [-0.05, 0) is 32.0 Å². The van der Waals surface area contributed by atoms with Crippen molar-refractivity contribution < 1.29 is 4.79 Å². The van der Waals surface area contributed by atoms with Gasteiger partial charge in [0.1, 0.15) is 17.7 Å². The first kappa shape index (κ1) is 21.3. The zero-order chi connectivity index (χ0) is 23.1. The van der Waals surface area contributed by atoms with Gasteiger partial charge in [0.25, 0.3) is 0 Å². The van der Waals surface area contributed by atoms with Crippen LogP contribution >= 0.6 is 0 Å². The number of rotatable bonds is 3. The largest absolute Gasteiger partial charge is 0.368 e. The van der Waals surface area contributed by atoms with E-state index in [1.54, 1.807) is 0 Å². The molecule has 2 aromatic rings. The normalized spacial score (nSPS) is 23.9. The summed E-state index contributed by atoms with van der Waals surface area (Å²) in [6.45, 7) is 4.83. The minimum atomic E-state index is -0.317. The van der Waals surface area contributed by atoms with Crippen LogP contribution in [0.25, 0.3) is 6.08 Å². The Balaban J connectivity index is 1.25. The highest BCUT2D eigenvalue weighted by molar-refractivity contribution is 5.93. The molecule has 1 amide bonds. The lowest BCUT2D eigenvalue weighted by Gasteiger charge is -2.54. The highest BCUT2D eigenvalue weighted by atomic mass is 16.2. The van der Waals surface area contributed by atoms with Gasteiger partial charge in [0.15, 0.2) is 0 Å². The molecule has 6 rings (SSSR count). The van der Waals surface area contributed by atoms with Crippen molar-refractivity contribution in [3.8, 4) is 0 Å². The molecule has 1 unspecified atom stereocenters. The van der Waals surface area contributed by atoms with E-state index in [1.165, 1.54) is 19.3 Å². The number of anilines is 4. The van der Waals surface area contributed by atoms with Crippen LogP contribution in [0.4, 0.5) is 23.3 Å². The van der Waals surface area contributed by atoms with Crippen molar-refractivity contribution in [2.75, 3.05) is 54.9 Å². The SMILES string of the molecule is CN1CCN(c2ccc(Nc3ncc4c(n3)N3C(C=C4)C(=O)NCC34CCCCC4)nc2)CC1. The second-order valence-electron chi connectivity index (χ2n) is 9.97. The van der Waals surface area contributed by atoms with Gasteiger partial charge in [-0.1, -0.05) is 31.4 Å². The topological polar surface area (TPSA) is 89.5 Å². The van der Waals surface area contributed by atoms with Gasteiger partial charge in [0.05, 0.1) is 17.4 Å². The summed E-state index contributed by atoms with van der Waals surface area (Å²) in [5.41, 5.74) is 2.01. The second-order valence-corrected chi connectivity index (χ2v) is 9.97. The van der Waals surface area contributed by atoms with E-state index in [4.69, 9.17) is 4.98 Å². The van der Waals surface area contributed by atoms with E-state index in [0.717, 1.165) is 56.1 Å². The highest BCUT2D eigenvalue weighted by Crippen LogP contribution is 2.42. The lowest BCUT2D eigenvalue weighted by Crippen LogP contribution is -2.69. The molecular formula is C25H32N8O. The fraction of sp³-hybridized carbons (Fsp3) is 0.520. The van der Waals surface area contributed by atoms with Gasteiger partial charge in [-0.2, -0.15) is 4.98 Å². The van der Waals surface area contributed by atoms with Crippen LogP contribution in [0, 0.1) is 0 Å². The molecule has 1 aliphatic carbocycles. The number of nitrogens with zero attached hydrogens (tertiary/aromatic N) is 6. The van der Waals surface area contributed by atoms with Crippen molar-refractivity contribution in [1.29, 1.82) is 0 Å². The number of hydrogen-bond acceptors (Lipinski definition) is 8. The van der Waals surface area contributed by atoms with Gasteiger partial charge in [0, 0.05) is 44.5 Å². The summed E-state index contributed by atoms with van der Waals surface area (Å²) in [5.74, 6) is 2.11. The summed E-state index contributed by atoms with van der Waals surface area (Å²) in [5, 5.41) is 6.43. The predicted octanol–water partition coefficient (Wildman–Crippen LogP) is 2.40. The molecule has 0 aromatic carbocycles. The fourth-order valence-electron chi connectivity index (χ4n) is 5.79. The molecule has 1 spiro atoms. The molecule has 2 aromatic heterocycles. The van der Waals surface area contributed by atoms with E-state index in [1.807, 2.05) is 30.6 Å². The van der Waals surface area contributed by atoms with Crippen LogP contribution < -0.4 is 20.4 Å². The van der Waals surface area contributed by atoms with Gasteiger partial charge >= 0.3 is 0 Å². The molecule has 0 radical (unpaired) electrons. The molecule has 1 saturated carbocycles. The summed E-state index contributed by atoms with van der Waals surface area (Å²) < 4.78 is 0. The summed E-state index contributed by atoms with van der Waals surface area (Å²) in [7, 11) is 2.16. The van der Waals surface area contributed by atoms with Crippen molar-refractivity contribution in [2.45, 2.75) is 43.7 Å². The Hall–Kier alpha value is -3.20. The Morgan fingerprint density at radius 3 is 2.65 bits per heavy atom. The van der Waals surface area contributed by atoms with Crippen molar-refractivity contribution >= 4 is 35.3 Å². The molecule has 0 bridgehead atoms. The van der Waals surface area contributed by atoms with Crippen molar-refractivity contribution in [3.05, 3.63) is 36.2 Å². The third-order valence-electron chi connectivity index (χ3n) is 7.77. The minimum absolute atomic E-state index is 0.0485. The van der Waals surface area contributed by atoms with Crippen LogP contribution in [0.1, 0.15) is 37.7 Å². The van der Waals surface area contributed by atoms with Crippen LogP contribution in [0.2, 0.25) is 0 Å². The molecule has 34 heavy (non-hydrogen) atoms. The Kier molecular flexibility index (Phi) is 5.36. The Labute approximate surface area is 200 Å². The van der Waals surface area contributed by atoms with Crippen LogP contribution in [0.15, 0.2) is 30.6 Å². The van der Waals surface area contributed by atoms with E-state index < -0.39 is 0 Å². The molecule has 5 heterocycles. The molecule has 4 aliphatic rings. The van der Waals surface area contributed by atoms with Crippen LogP contribution in [0.3, 0.4) is 0 Å². The molecule has 2 saturated heterocycles. The maximum absolute atomic E-state index is 12.7. The maximum Gasteiger partial charge on any atom is 0.246 e. The fourth-order valence-corrected chi connectivity index (χ4v) is 5.79. The van der Waals surface area contributed by atoms with E-state index in [-0.39, 0.29) is 17.5 Å². The number of likely N-dealkylation sites (N-methyl/N-ethyl adjacent to an activating group) is 1. The summed E-state index contributed by atoms with van der Waals surface area (Å²) in [6.07, 6.45) is 13.5. The van der Waals surface area contributed by atoms with Gasteiger partial charge in [0.2, 0.25) is 11.9 Å². The van der Waals surface area contributed by atoms with E-state index >= 15 is 0 Å². The first-order chi connectivity index (χ1) is 16.6. The molecule has 178 valence electrons. The molecule has 9 nitrogen and oxygen atoms in total. The number of nitrogens with one attached hydrogen (secondary N) is 2. The summed E-state index contributed by atoms with van der Waals surface area (Å²) in [4.78, 5) is 33.8. The van der Waals surface area contributed by atoms with Crippen molar-refractivity contribution in [3.63, 3.8) is 0 Å². The molecule has 3 fully saturated rings. The van der Waals surface area contributed by atoms with E-state index in [9.17, 15) is 4.79 Å². The number of carbonyl (C=O) groups is 1. The summed E-state index contributed by atoms with van der Waals surface area (Å²) >= 11 is 0. The summed E-state index contributed by atoms with van der Waals surface area (Å²) in [6, 6.07) is 3.77. The second kappa shape index (κ2) is 8.54. The smallest absolute Gasteiger partial charge is 0.246 e. The van der Waals surface area contributed by atoms with Crippen molar-refractivity contribution in [2.24, 2.45) is 0 Å². The molecular weight excluding hydrogens is 428 g/mol. The first-order valence-corrected chi connectivity index (χ1v) is 12.4. The number of pyridine rings is 1. The lowest BCUT2D eigenvalue weighted by molar-refractivity contribution is -0.123. The predicted molar refractivity (Wildman–Crippen MR) is 133 cm³/mol. The van der Waals surface area contributed by atoms with Crippen LogP contribution in [-0.4, -0.2) is 77.1 Å². The molecule has 3 aliphatic heterocycles. The van der Waals surface area contributed by atoms with Gasteiger partial charge < -0.3 is 25.3 Å². The number of piperazine rings is 2. The Bertz CT molecular complexity index is 1090. The quantitative estimate of drug-likeness (QED) is 0.722. The minimum Gasteiger partial charge on any atom is -0.368 e.